The second kappa shape index (κ2) is 6.53. The van der Waals surface area contributed by atoms with Crippen LogP contribution >= 0.6 is 0 Å². The minimum Gasteiger partial charge on any atom is -0.486 e. The Morgan fingerprint density at radius 3 is 2.46 bits per heavy atom. The number of carbonyl (C=O) groups excluding carboxylic acids is 2. The Morgan fingerprint density at radius 1 is 0.893 bits per heavy atom. The van der Waals surface area contributed by atoms with Crippen LogP contribution in [0.3, 0.4) is 0 Å². The van der Waals surface area contributed by atoms with Gasteiger partial charge in [-0.05, 0) is 35.4 Å². The molecule has 3 aromatic rings. The Morgan fingerprint density at radius 2 is 1.61 bits per heavy atom. The fourth-order valence-electron chi connectivity index (χ4n) is 3.64. The lowest BCUT2D eigenvalue weighted by Crippen LogP contribution is -2.40. The third kappa shape index (κ3) is 2.72. The first-order chi connectivity index (χ1) is 13.7. The molecule has 0 saturated carbocycles. The number of ketones is 1. The van der Waals surface area contributed by atoms with Gasteiger partial charge in [0.05, 0.1) is 6.54 Å². The van der Waals surface area contributed by atoms with E-state index in [1.807, 2.05) is 54.6 Å². The van der Waals surface area contributed by atoms with Crippen LogP contribution in [0.4, 0.5) is 0 Å². The number of fused-ring (bicyclic) bond motifs is 4. The predicted molar refractivity (Wildman–Crippen MR) is 104 cm³/mol. The summed E-state index contributed by atoms with van der Waals surface area (Å²) in [6, 6.07) is 20.2. The number of hydrogen-bond donors (Lipinski definition) is 1. The number of ether oxygens (including phenoxy) is 2. The van der Waals surface area contributed by atoms with Crippen LogP contribution in [-0.2, 0) is 0 Å². The van der Waals surface area contributed by atoms with Crippen molar-refractivity contribution in [2.45, 2.75) is 6.10 Å². The molecule has 138 valence electrons. The topological polar surface area (TPSA) is 64.6 Å². The number of para-hydroxylation sites is 2. The van der Waals surface area contributed by atoms with Crippen LogP contribution in [0.15, 0.2) is 66.7 Å². The molecule has 1 aliphatic heterocycles. The summed E-state index contributed by atoms with van der Waals surface area (Å²) in [7, 11) is 0. The number of carbonyl (C=O) groups is 2. The maximum absolute atomic E-state index is 12.6. The molecular weight excluding hydrogens is 354 g/mol. The van der Waals surface area contributed by atoms with E-state index in [0.717, 1.165) is 11.1 Å². The van der Waals surface area contributed by atoms with Crippen molar-refractivity contribution in [1.82, 2.24) is 5.32 Å². The zero-order valence-electron chi connectivity index (χ0n) is 15.0. The monoisotopic (exact) mass is 371 g/mol. The van der Waals surface area contributed by atoms with Crippen LogP contribution in [0.25, 0.3) is 11.1 Å². The quantitative estimate of drug-likeness (QED) is 0.599. The van der Waals surface area contributed by atoms with Crippen molar-refractivity contribution < 1.29 is 19.1 Å². The largest absolute Gasteiger partial charge is 0.486 e. The lowest BCUT2D eigenvalue weighted by Gasteiger charge is -2.26. The molecule has 1 N–H and O–H groups in total. The minimum atomic E-state index is -0.265. The molecule has 3 aromatic carbocycles. The zero-order valence-corrected chi connectivity index (χ0v) is 15.0. The first kappa shape index (κ1) is 16.6. The van der Waals surface area contributed by atoms with Gasteiger partial charge in [0, 0.05) is 16.7 Å². The van der Waals surface area contributed by atoms with Crippen molar-refractivity contribution in [2.75, 3.05) is 13.2 Å². The highest BCUT2D eigenvalue weighted by atomic mass is 16.6. The maximum Gasteiger partial charge on any atom is 0.251 e. The van der Waals surface area contributed by atoms with E-state index in [9.17, 15) is 9.59 Å². The van der Waals surface area contributed by atoms with E-state index in [4.69, 9.17) is 9.47 Å². The Balaban J connectivity index is 1.29. The smallest absolute Gasteiger partial charge is 0.251 e. The van der Waals surface area contributed by atoms with Gasteiger partial charge in [-0.1, -0.05) is 42.5 Å². The number of benzene rings is 3. The molecule has 0 aromatic heterocycles. The van der Waals surface area contributed by atoms with E-state index in [0.29, 0.717) is 41.3 Å². The van der Waals surface area contributed by atoms with Crippen LogP contribution in [0.5, 0.6) is 11.5 Å². The van der Waals surface area contributed by atoms with E-state index in [2.05, 4.69) is 5.32 Å². The van der Waals surface area contributed by atoms with Gasteiger partial charge < -0.3 is 14.8 Å². The SMILES string of the molecule is O=C(NCC1COc2ccccc2O1)c1ccc2c(c1)C(=O)c1ccccc1-2. The van der Waals surface area contributed by atoms with E-state index in [1.54, 1.807) is 12.1 Å². The normalized spacial score (nSPS) is 16.3. The summed E-state index contributed by atoms with van der Waals surface area (Å²) in [6.45, 7) is 0.688. The number of amides is 1. The van der Waals surface area contributed by atoms with Crippen LogP contribution in [0.2, 0.25) is 0 Å². The van der Waals surface area contributed by atoms with Crippen LogP contribution in [0, 0.1) is 0 Å². The Kier molecular flexibility index (Phi) is 3.86. The molecule has 0 bridgehead atoms. The van der Waals surface area contributed by atoms with Gasteiger partial charge in [0.1, 0.15) is 12.7 Å². The van der Waals surface area contributed by atoms with E-state index in [-0.39, 0.29) is 17.8 Å². The Labute approximate surface area is 161 Å². The van der Waals surface area contributed by atoms with Crippen LogP contribution in [-0.4, -0.2) is 30.9 Å². The first-order valence-electron chi connectivity index (χ1n) is 9.15. The number of nitrogens with one attached hydrogen (secondary N) is 1. The van der Waals surface area contributed by atoms with Gasteiger partial charge in [-0.25, -0.2) is 0 Å². The summed E-state index contributed by atoms with van der Waals surface area (Å²) in [5.74, 6) is 1.10. The average molecular weight is 371 g/mol. The zero-order chi connectivity index (χ0) is 19.1. The van der Waals surface area contributed by atoms with Crippen LogP contribution < -0.4 is 14.8 Å². The Bertz CT molecular complexity index is 1110. The summed E-state index contributed by atoms with van der Waals surface area (Å²) < 4.78 is 11.5. The lowest BCUT2D eigenvalue weighted by atomic mass is 10.0. The molecule has 1 unspecified atom stereocenters. The number of rotatable bonds is 3. The van der Waals surface area contributed by atoms with Crippen LogP contribution in [0.1, 0.15) is 26.3 Å². The summed E-state index contributed by atoms with van der Waals surface area (Å²) in [5, 5.41) is 2.87. The van der Waals surface area contributed by atoms with Crippen molar-refractivity contribution in [2.24, 2.45) is 0 Å². The standard InChI is InChI=1S/C23H17NO4/c25-22-18-6-2-1-5-16(18)17-10-9-14(11-19(17)22)23(26)24-12-15-13-27-20-7-3-4-8-21(20)28-15/h1-11,15H,12-13H2,(H,24,26). The molecule has 0 spiro atoms. The van der Waals surface area contributed by atoms with Gasteiger partial charge in [0.2, 0.25) is 0 Å². The molecule has 1 aliphatic carbocycles. The second-order valence-corrected chi connectivity index (χ2v) is 6.84. The van der Waals surface area contributed by atoms with Crippen molar-refractivity contribution in [3.8, 4) is 22.6 Å². The van der Waals surface area contributed by atoms with E-state index >= 15 is 0 Å². The van der Waals surface area contributed by atoms with Gasteiger partial charge in [-0.15, -0.1) is 0 Å². The molecule has 5 heteroatoms. The maximum atomic E-state index is 12.6. The molecule has 5 nitrogen and oxygen atoms in total. The summed E-state index contributed by atoms with van der Waals surface area (Å²) in [5.41, 5.74) is 3.50. The molecular formula is C23H17NO4. The molecule has 0 saturated heterocycles. The first-order valence-corrected chi connectivity index (χ1v) is 9.15. The molecule has 1 heterocycles. The highest BCUT2D eigenvalue weighted by Gasteiger charge is 2.27. The van der Waals surface area contributed by atoms with Gasteiger partial charge in [-0.2, -0.15) is 0 Å². The predicted octanol–water partition coefficient (Wildman–Crippen LogP) is 3.47. The molecule has 1 amide bonds. The lowest BCUT2D eigenvalue weighted by molar-refractivity contribution is 0.0789. The average Bonchev–Trinajstić information content (AvgIpc) is 3.04. The van der Waals surface area contributed by atoms with Crippen molar-refractivity contribution >= 4 is 11.7 Å². The third-order valence-corrected chi connectivity index (χ3v) is 5.05. The second-order valence-electron chi connectivity index (χ2n) is 6.84. The summed E-state index contributed by atoms with van der Waals surface area (Å²) >= 11 is 0. The minimum absolute atomic E-state index is 0.0409. The molecule has 5 rings (SSSR count). The molecule has 0 radical (unpaired) electrons. The summed E-state index contributed by atoms with van der Waals surface area (Å²) in [4.78, 5) is 25.2. The molecule has 28 heavy (non-hydrogen) atoms. The Hall–Kier alpha value is -3.60. The van der Waals surface area contributed by atoms with E-state index < -0.39 is 0 Å². The highest BCUT2D eigenvalue weighted by Crippen LogP contribution is 2.36. The van der Waals surface area contributed by atoms with Crippen molar-refractivity contribution in [1.29, 1.82) is 0 Å². The molecule has 2 aliphatic rings. The van der Waals surface area contributed by atoms with Crippen molar-refractivity contribution in [3.63, 3.8) is 0 Å². The number of hydrogen-bond acceptors (Lipinski definition) is 4. The van der Waals surface area contributed by atoms with E-state index in [1.165, 1.54) is 0 Å². The summed E-state index contributed by atoms with van der Waals surface area (Å²) in [6.07, 6.45) is -0.265. The third-order valence-electron chi connectivity index (χ3n) is 5.05. The van der Waals surface area contributed by atoms with Gasteiger partial charge in [-0.3, -0.25) is 9.59 Å². The van der Waals surface area contributed by atoms with Gasteiger partial charge in [0.25, 0.3) is 5.91 Å². The fourth-order valence-corrected chi connectivity index (χ4v) is 3.64. The molecule has 1 atom stereocenters. The van der Waals surface area contributed by atoms with Crippen molar-refractivity contribution in [3.05, 3.63) is 83.4 Å². The molecule has 0 fully saturated rings. The van der Waals surface area contributed by atoms with Gasteiger partial charge >= 0.3 is 0 Å². The fraction of sp³-hybridized carbons (Fsp3) is 0.130. The van der Waals surface area contributed by atoms with Gasteiger partial charge in [0.15, 0.2) is 17.3 Å². The highest BCUT2D eigenvalue weighted by molar-refractivity contribution is 6.22.